The number of pyridine rings is 1. The van der Waals surface area contributed by atoms with Gasteiger partial charge in [-0.25, -0.2) is 28.7 Å². The highest BCUT2D eigenvalue weighted by molar-refractivity contribution is 5.83. The van der Waals surface area contributed by atoms with E-state index in [1.807, 2.05) is 31.4 Å². The number of hydrogen-bond acceptors (Lipinski definition) is 7. The monoisotopic (exact) mass is 544 g/mol. The van der Waals surface area contributed by atoms with E-state index in [1.54, 1.807) is 18.3 Å². The third-order valence-electron chi connectivity index (χ3n) is 8.23. The van der Waals surface area contributed by atoms with E-state index in [0.29, 0.717) is 22.7 Å². The molecule has 1 unspecified atom stereocenters. The molecule has 1 atom stereocenters. The number of aromatic nitrogens is 5. The van der Waals surface area contributed by atoms with Crippen molar-refractivity contribution in [2.45, 2.75) is 59.4 Å². The number of likely N-dealkylation sites (tertiary alicyclic amines) is 1. The Labute approximate surface area is 233 Å². The van der Waals surface area contributed by atoms with E-state index in [4.69, 9.17) is 0 Å². The van der Waals surface area contributed by atoms with Crippen LogP contribution in [0.5, 0.6) is 0 Å². The molecule has 3 aromatic heterocycles. The molecule has 1 aliphatic rings. The number of nitrogens with one attached hydrogen (secondary N) is 1. The van der Waals surface area contributed by atoms with Crippen LogP contribution in [0.3, 0.4) is 0 Å². The lowest BCUT2D eigenvalue weighted by molar-refractivity contribution is 0.132. The summed E-state index contributed by atoms with van der Waals surface area (Å²) in [6, 6.07) is 9.38. The van der Waals surface area contributed by atoms with Crippen LogP contribution in [0.2, 0.25) is 0 Å². The van der Waals surface area contributed by atoms with E-state index in [2.05, 4.69) is 50.1 Å². The largest absolute Gasteiger partial charge is 0.326 e. The summed E-state index contributed by atoms with van der Waals surface area (Å²) in [7, 11) is 0. The lowest BCUT2D eigenvalue weighted by atomic mass is 9.68. The number of benzene rings is 1. The van der Waals surface area contributed by atoms with Gasteiger partial charge in [0.2, 0.25) is 5.95 Å². The molecule has 0 saturated carbocycles. The van der Waals surface area contributed by atoms with Crippen LogP contribution < -0.4 is 5.32 Å². The maximum Gasteiger partial charge on any atom is 0.229 e. The predicted molar refractivity (Wildman–Crippen MR) is 151 cm³/mol. The Morgan fingerprint density at radius 3 is 2.42 bits per heavy atom. The second-order valence-electron chi connectivity index (χ2n) is 10.9. The van der Waals surface area contributed by atoms with Crippen LogP contribution in [0.1, 0.15) is 63.9 Å². The van der Waals surface area contributed by atoms with Gasteiger partial charge in [-0.1, -0.05) is 19.9 Å². The maximum atomic E-state index is 15.0. The van der Waals surface area contributed by atoms with Gasteiger partial charge >= 0.3 is 0 Å². The molecule has 10 heteroatoms. The van der Waals surface area contributed by atoms with Crippen molar-refractivity contribution < 1.29 is 8.78 Å². The Morgan fingerprint density at radius 2 is 1.80 bits per heavy atom. The zero-order chi connectivity index (χ0) is 28.6. The molecule has 0 bridgehead atoms. The fraction of sp³-hybridized carbons (Fsp3) is 0.433. The van der Waals surface area contributed by atoms with Gasteiger partial charge in [-0.15, -0.1) is 0 Å². The number of anilines is 2. The first kappa shape index (κ1) is 27.6. The fourth-order valence-electron chi connectivity index (χ4n) is 5.77. The number of piperidine rings is 1. The van der Waals surface area contributed by atoms with Crippen LogP contribution in [-0.4, -0.2) is 49.0 Å². The zero-order valence-corrected chi connectivity index (χ0v) is 23.5. The van der Waals surface area contributed by atoms with Crippen molar-refractivity contribution in [3.8, 4) is 17.3 Å². The Bertz CT molecular complexity index is 1560. The number of hydrogen-bond donors (Lipinski definition) is 1. The van der Waals surface area contributed by atoms with Crippen molar-refractivity contribution in [1.29, 1.82) is 5.26 Å². The fourth-order valence-corrected chi connectivity index (χ4v) is 5.77. The molecular weight excluding hydrogens is 510 g/mol. The molecule has 4 heterocycles. The molecule has 1 aliphatic heterocycles. The third kappa shape index (κ3) is 5.02. The van der Waals surface area contributed by atoms with Gasteiger partial charge in [0.15, 0.2) is 11.6 Å². The Hall–Kier alpha value is -3.97. The van der Waals surface area contributed by atoms with Gasteiger partial charge < -0.3 is 14.8 Å². The predicted octanol–water partition coefficient (Wildman–Crippen LogP) is 6.53. The van der Waals surface area contributed by atoms with Crippen molar-refractivity contribution in [1.82, 2.24) is 29.4 Å². The molecule has 4 aromatic rings. The highest BCUT2D eigenvalue weighted by atomic mass is 19.1. The van der Waals surface area contributed by atoms with Crippen molar-refractivity contribution >= 4 is 22.8 Å². The summed E-state index contributed by atoms with van der Waals surface area (Å²) >= 11 is 0. The molecule has 1 N–H and O–H groups in total. The second-order valence-corrected chi connectivity index (χ2v) is 10.9. The molecule has 1 saturated heterocycles. The molecule has 208 valence electrons. The van der Waals surface area contributed by atoms with Crippen LogP contribution in [0.4, 0.5) is 20.5 Å². The molecule has 8 nitrogen and oxygen atoms in total. The lowest BCUT2D eigenvalue weighted by Gasteiger charge is -2.40. The molecule has 0 spiro atoms. The first-order valence-electron chi connectivity index (χ1n) is 13.7. The molecule has 0 radical (unpaired) electrons. The Morgan fingerprint density at radius 1 is 1.05 bits per heavy atom. The molecule has 40 heavy (non-hydrogen) atoms. The first-order chi connectivity index (χ1) is 19.2. The molecule has 0 amide bonds. The topological polar surface area (TPSA) is 95.6 Å². The van der Waals surface area contributed by atoms with Crippen LogP contribution >= 0.6 is 0 Å². The summed E-state index contributed by atoms with van der Waals surface area (Å²) < 4.78 is 31.8. The minimum Gasteiger partial charge on any atom is -0.326 e. The van der Waals surface area contributed by atoms with Gasteiger partial charge in [-0.05, 0) is 77.0 Å². The van der Waals surface area contributed by atoms with Crippen LogP contribution in [0, 0.1) is 35.3 Å². The van der Waals surface area contributed by atoms with Crippen LogP contribution in [0.25, 0.3) is 22.3 Å². The highest BCUT2D eigenvalue weighted by Crippen LogP contribution is 2.43. The van der Waals surface area contributed by atoms with Crippen molar-refractivity contribution in [3.05, 3.63) is 59.7 Å². The third-order valence-corrected chi connectivity index (χ3v) is 8.23. The summed E-state index contributed by atoms with van der Waals surface area (Å²) in [4.78, 5) is 19.7. The number of rotatable bonds is 7. The van der Waals surface area contributed by atoms with Gasteiger partial charge in [0.25, 0.3) is 0 Å². The standard InChI is InChI=1S/C30H34F2N8/c1-6-39-11-9-30(17-33,10-12-39)19(4)21-7-8-26(34-15-21)37-29-35-16-24(32)27(38-29)22-13-23(31)28-25(14-22)40(18(2)3)20(5)36-28/h7-8,13-16,18-19H,6,9-12H2,1-5H3,(H,34,35,37,38). The lowest BCUT2D eigenvalue weighted by Crippen LogP contribution is -2.41. The van der Waals surface area contributed by atoms with Gasteiger partial charge in [-0.2, -0.15) is 5.26 Å². The number of imidazole rings is 1. The van der Waals surface area contributed by atoms with Crippen molar-refractivity contribution in [2.24, 2.45) is 5.41 Å². The normalized spacial score (nSPS) is 16.3. The van der Waals surface area contributed by atoms with E-state index in [0.717, 1.165) is 44.2 Å². The summed E-state index contributed by atoms with van der Waals surface area (Å²) in [6.07, 6.45) is 4.48. The Balaban J connectivity index is 1.39. The molecular formula is C30H34F2N8. The average Bonchev–Trinajstić information content (AvgIpc) is 3.30. The summed E-state index contributed by atoms with van der Waals surface area (Å²) in [5.74, 6) is 0.130. The highest BCUT2D eigenvalue weighted by Gasteiger charge is 2.40. The van der Waals surface area contributed by atoms with E-state index in [9.17, 15) is 9.65 Å². The number of halogens is 2. The second kappa shape index (κ2) is 10.9. The van der Waals surface area contributed by atoms with Crippen molar-refractivity contribution in [3.63, 3.8) is 0 Å². The van der Waals surface area contributed by atoms with E-state index >= 15 is 4.39 Å². The number of aryl methyl sites for hydroxylation is 1. The Kier molecular flexibility index (Phi) is 7.51. The first-order valence-corrected chi connectivity index (χ1v) is 13.7. The SMILES string of the molecule is CCN1CCC(C#N)(C(C)c2ccc(Nc3ncc(F)c(-c4cc(F)c5nc(C)n(C(C)C)c5c4)n3)nc2)CC1. The van der Waals surface area contributed by atoms with Gasteiger partial charge in [0, 0.05) is 23.7 Å². The number of fused-ring (bicyclic) bond motifs is 1. The molecule has 5 rings (SSSR count). The van der Waals surface area contributed by atoms with Crippen LogP contribution in [0.15, 0.2) is 36.7 Å². The van der Waals surface area contributed by atoms with E-state index in [-0.39, 0.29) is 29.1 Å². The van der Waals surface area contributed by atoms with E-state index < -0.39 is 17.0 Å². The summed E-state index contributed by atoms with van der Waals surface area (Å²) in [5.41, 5.74) is 1.66. The number of nitrogens with zero attached hydrogens (tertiary/aromatic N) is 7. The summed E-state index contributed by atoms with van der Waals surface area (Å²) in [6.45, 7) is 12.9. The molecule has 1 aromatic carbocycles. The number of nitriles is 1. The average molecular weight is 545 g/mol. The molecule has 1 fully saturated rings. The quantitative estimate of drug-likeness (QED) is 0.283. The van der Waals surface area contributed by atoms with Crippen LogP contribution in [-0.2, 0) is 0 Å². The van der Waals surface area contributed by atoms with Gasteiger partial charge in [0.1, 0.15) is 22.9 Å². The minimum absolute atomic E-state index is 0.0212. The van der Waals surface area contributed by atoms with E-state index in [1.165, 1.54) is 6.07 Å². The zero-order valence-electron chi connectivity index (χ0n) is 23.5. The molecule has 0 aliphatic carbocycles. The maximum absolute atomic E-state index is 15.0. The smallest absolute Gasteiger partial charge is 0.229 e. The van der Waals surface area contributed by atoms with Crippen molar-refractivity contribution in [2.75, 3.05) is 25.0 Å². The van der Waals surface area contributed by atoms with Gasteiger partial charge in [-0.3, -0.25) is 0 Å². The summed E-state index contributed by atoms with van der Waals surface area (Å²) in [5, 5.41) is 13.1. The minimum atomic E-state index is -0.662. The van der Waals surface area contributed by atoms with Gasteiger partial charge in [0.05, 0.1) is 23.2 Å².